The number of carbonyl (C=O) groups is 1. The van der Waals surface area contributed by atoms with Crippen molar-refractivity contribution in [3.05, 3.63) is 48.6 Å². The average Bonchev–Trinajstić information content (AvgIpc) is 3.26. The molecule has 0 aliphatic carbocycles. The highest BCUT2D eigenvalue weighted by Gasteiger charge is 2.44. The lowest BCUT2D eigenvalue weighted by Crippen LogP contribution is -2.59. The summed E-state index contributed by atoms with van der Waals surface area (Å²) in [6.45, 7) is 4.52. The SMILES string of the molecule is CCCCCC/C=C\C/C=C\CCCCCCCCOCC(COC1OC(CO)C(O)C(O)C1O)OC(=O)CCCCCCCCCCC/C=C\C/C=C\CCCCCCC. The van der Waals surface area contributed by atoms with E-state index in [0.29, 0.717) is 13.0 Å². The van der Waals surface area contributed by atoms with Gasteiger partial charge in [0, 0.05) is 13.0 Å². The molecule has 0 amide bonds. The van der Waals surface area contributed by atoms with Crippen LogP contribution in [0.3, 0.4) is 0 Å². The van der Waals surface area contributed by atoms with Crippen molar-refractivity contribution >= 4 is 5.97 Å². The summed E-state index contributed by atoms with van der Waals surface area (Å²) in [4.78, 5) is 12.8. The van der Waals surface area contributed by atoms with E-state index in [1.807, 2.05) is 0 Å². The van der Waals surface area contributed by atoms with Crippen LogP contribution in [0, 0.1) is 0 Å². The molecule has 0 bridgehead atoms. The van der Waals surface area contributed by atoms with Gasteiger partial charge in [-0.15, -0.1) is 0 Å². The number of aliphatic hydroxyl groups excluding tert-OH is 4. The molecule has 1 saturated heterocycles. The third-order valence-corrected chi connectivity index (χ3v) is 11.5. The summed E-state index contributed by atoms with van der Waals surface area (Å²) < 4.78 is 22.9. The fourth-order valence-electron chi connectivity index (χ4n) is 7.49. The third-order valence-electron chi connectivity index (χ3n) is 11.5. The van der Waals surface area contributed by atoms with Gasteiger partial charge in [0.1, 0.15) is 30.5 Å². The quantitative estimate of drug-likeness (QED) is 0.0268. The van der Waals surface area contributed by atoms with Crippen LogP contribution < -0.4 is 0 Å². The molecule has 9 nitrogen and oxygen atoms in total. The van der Waals surface area contributed by atoms with Gasteiger partial charge in [-0.05, 0) is 77.0 Å². The standard InChI is InChI=1S/C52H94O9/c1-3-5-7-9-11-13-15-17-19-21-22-23-24-25-27-29-31-33-35-37-39-41-48(54)60-46(45-59-52-51(57)50(56)49(55)47(43-53)61-52)44-58-42-40-38-36-34-32-30-28-26-20-18-16-14-12-10-8-6-4-2/h14-17,20-22,26,46-47,49-53,55-57H,3-13,18-19,23-25,27-45H2,1-2H3/b16-14-,17-15-,22-21-,26-20-. The van der Waals surface area contributed by atoms with E-state index in [9.17, 15) is 25.2 Å². The highest BCUT2D eigenvalue weighted by atomic mass is 16.7. The zero-order chi connectivity index (χ0) is 44.3. The van der Waals surface area contributed by atoms with E-state index in [-0.39, 0.29) is 19.2 Å². The molecular formula is C52H94O9. The van der Waals surface area contributed by atoms with Gasteiger partial charge in [0.2, 0.25) is 0 Å². The zero-order valence-corrected chi connectivity index (χ0v) is 39.2. The predicted octanol–water partition coefficient (Wildman–Crippen LogP) is 12.1. The van der Waals surface area contributed by atoms with Gasteiger partial charge in [0.25, 0.3) is 0 Å². The minimum atomic E-state index is -1.54. The molecule has 0 spiro atoms. The van der Waals surface area contributed by atoms with Crippen molar-refractivity contribution < 1.29 is 44.2 Å². The van der Waals surface area contributed by atoms with E-state index < -0.39 is 43.4 Å². The first kappa shape index (κ1) is 57.2. The smallest absolute Gasteiger partial charge is 0.306 e. The molecule has 1 heterocycles. The molecule has 0 saturated carbocycles. The maximum atomic E-state index is 12.8. The largest absolute Gasteiger partial charge is 0.457 e. The number of esters is 1. The predicted molar refractivity (Wildman–Crippen MR) is 251 cm³/mol. The molecular weight excluding hydrogens is 769 g/mol. The Morgan fingerprint density at radius 1 is 0.525 bits per heavy atom. The van der Waals surface area contributed by atoms with Crippen LogP contribution in [0.5, 0.6) is 0 Å². The minimum absolute atomic E-state index is 0.120. The van der Waals surface area contributed by atoms with Crippen LogP contribution in [0.2, 0.25) is 0 Å². The highest BCUT2D eigenvalue weighted by molar-refractivity contribution is 5.69. The molecule has 4 N–H and O–H groups in total. The maximum Gasteiger partial charge on any atom is 0.306 e. The van der Waals surface area contributed by atoms with E-state index in [1.165, 1.54) is 135 Å². The third kappa shape index (κ3) is 34.3. The Morgan fingerprint density at radius 3 is 1.43 bits per heavy atom. The number of unbranched alkanes of at least 4 members (excludes halogenated alkanes) is 24. The first-order chi connectivity index (χ1) is 29.9. The number of allylic oxidation sites excluding steroid dienone is 8. The number of ether oxygens (including phenoxy) is 4. The Kier molecular flexibility index (Phi) is 40.7. The summed E-state index contributed by atoms with van der Waals surface area (Å²) in [6.07, 6.45) is 47.1. The summed E-state index contributed by atoms with van der Waals surface area (Å²) >= 11 is 0. The van der Waals surface area contributed by atoms with Gasteiger partial charge < -0.3 is 39.4 Å². The highest BCUT2D eigenvalue weighted by Crippen LogP contribution is 2.23. The summed E-state index contributed by atoms with van der Waals surface area (Å²) in [5.74, 6) is -0.321. The Balaban J connectivity index is 2.23. The first-order valence-electron chi connectivity index (χ1n) is 25.2. The van der Waals surface area contributed by atoms with Gasteiger partial charge in [0.05, 0.1) is 19.8 Å². The second kappa shape index (κ2) is 43.4. The van der Waals surface area contributed by atoms with Gasteiger partial charge in [-0.1, -0.05) is 178 Å². The Bertz CT molecular complexity index is 1070. The zero-order valence-electron chi connectivity index (χ0n) is 39.2. The summed E-state index contributed by atoms with van der Waals surface area (Å²) in [5.41, 5.74) is 0. The second-order valence-electron chi connectivity index (χ2n) is 17.3. The number of carbonyl (C=O) groups excluding carboxylic acids is 1. The van der Waals surface area contributed by atoms with Crippen molar-refractivity contribution in [2.75, 3.05) is 26.4 Å². The molecule has 9 heteroatoms. The van der Waals surface area contributed by atoms with Crippen LogP contribution >= 0.6 is 0 Å². The molecule has 1 rings (SSSR count). The fraction of sp³-hybridized carbons (Fsp3) is 0.827. The Hall–Kier alpha value is -1.85. The lowest BCUT2D eigenvalue weighted by atomic mass is 9.99. The van der Waals surface area contributed by atoms with E-state index in [4.69, 9.17) is 18.9 Å². The van der Waals surface area contributed by atoms with Crippen LogP contribution in [0.25, 0.3) is 0 Å². The van der Waals surface area contributed by atoms with Crippen LogP contribution in [0.15, 0.2) is 48.6 Å². The lowest BCUT2D eigenvalue weighted by Gasteiger charge is -2.39. The fourth-order valence-corrected chi connectivity index (χ4v) is 7.49. The first-order valence-corrected chi connectivity index (χ1v) is 25.2. The summed E-state index contributed by atoms with van der Waals surface area (Å²) in [6, 6.07) is 0. The van der Waals surface area contributed by atoms with Crippen molar-refractivity contribution in [1.29, 1.82) is 0 Å². The molecule has 6 unspecified atom stereocenters. The van der Waals surface area contributed by atoms with E-state index in [2.05, 4.69) is 62.5 Å². The molecule has 0 aromatic rings. The molecule has 356 valence electrons. The lowest BCUT2D eigenvalue weighted by molar-refractivity contribution is -0.305. The van der Waals surface area contributed by atoms with Crippen LogP contribution in [0.4, 0.5) is 0 Å². The average molecular weight is 863 g/mol. The minimum Gasteiger partial charge on any atom is -0.457 e. The van der Waals surface area contributed by atoms with Crippen LogP contribution in [0.1, 0.15) is 213 Å². The molecule has 1 aliphatic rings. The molecule has 0 aromatic heterocycles. The molecule has 61 heavy (non-hydrogen) atoms. The monoisotopic (exact) mass is 863 g/mol. The molecule has 0 radical (unpaired) electrons. The van der Waals surface area contributed by atoms with Gasteiger partial charge in [-0.2, -0.15) is 0 Å². The van der Waals surface area contributed by atoms with E-state index >= 15 is 0 Å². The molecule has 6 atom stereocenters. The Morgan fingerprint density at radius 2 is 0.951 bits per heavy atom. The summed E-state index contributed by atoms with van der Waals surface area (Å²) in [5, 5.41) is 40.2. The number of rotatable bonds is 43. The molecule has 1 fully saturated rings. The van der Waals surface area contributed by atoms with Crippen molar-refractivity contribution in [2.24, 2.45) is 0 Å². The van der Waals surface area contributed by atoms with E-state index in [1.54, 1.807) is 0 Å². The number of hydrogen-bond donors (Lipinski definition) is 4. The van der Waals surface area contributed by atoms with Gasteiger partial charge >= 0.3 is 5.97 Å². The van der Waals surface area contributed by atoms with Gasteiger partial charge in [-0.3, -0.25) is 4.79 Å². The van der Waals surface area contributed by atoms with Crippen molar-refractivity contribution in [2.45, 2.75) is 250 Å². The van der Waals surface area contributed by atoms with Crippen molar-refractivity contribution in [1.82, 2.24) is 0 Å². The normalized spacial score (nSPS) is 20.3. The topological polar surface area (TPSA) is 135 Å². The van der Waals surface area contributed by atoms with Crippen LogP contribution in [-0.4, -0.2) is 89.6 Å². The van der Waals surface area contributed by atoms with Crippen molar-refractivity contribution in [3.63, 3.8) is 0 Å². The molecule has 0 aromatic carbocycles. The van der Waals surface area contributed by atoms with Gasteiger partial charge in [0.15, 0.2) is 6.29 Å². The summed E-state index contributed by atoms with van der Waals surface area (Å²) in [7, 11) is 0. The number of aliphatic hydroxyl groups is 4. The van der Waals surface area contributed by atoms with Crippen LogP contribution in [-0.2, 0) is 23.7 Å². The molecule has 1 aliphatic heterocycles. The Labute approximate surface area is 373 Å². The second-order valence-corrected chi connectivity index (χ2v) is 17.3. The maximum absolute atomic E-state index is 12.8. The number of hydrogen-bond acceptors (Lipinski definition) is 9. The van der Waals surface area contributed by atoms with Gasteiger partial charge in [-0.25, -0.2) is 0 Å². The van der Waals surface area contributed by atoms with Crippen molar-refractivity contribution in [3.8, 4) is 0 Å². The van der Waals surface area contributed by atoms with E-state index in [0.717, 1.165) is 57.8 Å².